The standard InChI is InChI=1S/C7H8ClNO2S/c1-2-11-7(10)9-5-3-6(8)12-4-5/h3-4H,2H2,1H3,(H,9,10). The van der Waals surface area contributed by atoms with E-state index in [-0.39, 0.29) is 0 Å². The van der Waals surface area contributed by atoms with E-state index in [2.05, 4.69) is 10.1 Å². The molecule has 66 valence electrons. The summed E-state index contributed by atoms with van der Waals surface area (Å²) in [6.45, 7) is 2.11. The lowest BCUT2D eigenvalue weighted by Gasteiger charge is -2.00. The van der Waals surface area contributed by atoms with Gasteiger partial charge in [0, 0.05) is 5.38 Å². The Morgan fingerprint density at radius 3 is 3.08 bits per heavy atom. The summed E-state index contributed by atoms with van der Waals surface area (Å²) >= 11 is 7.01. The second-order valence-corrected chi connectivity index (χ2v) is 3.53. The number of halogens is 1. The Bertz CT molecular complexity index is 274. The van der Waals surface area contributed by atoms with Gasteiger partial charge >= 0.3 is 6.09 Å². The minimum Gasteiger partial charge on any atom is -0.450 e. The summed E-state index contributed by atoms with van der Waals surface area (Å²) in [6.07, 6.45) is -0.452. The number of carbonyl (C=O) groups excluding carboxylic acids is 1. The zero-order chi connectivity index (χ0) is 8.97. The molecular weight excluding hydrogens is 198 g/mol. The van der Waals surface area contributed by atoms with Gasteiger partial charge in [-0.05, 0) is 13.0 Å². The molecule has 0 spiro atoms. The van der Waals surface area contributed by atoms with Gasteiger partial charge in [-0.1, -0.05) is 11.6 Å². The van der Waals surface area contributed by atoms with Crippen molar-refractivity contribution < 1.29 is 9.53 Å². The molecule has 1 heterocycles. The van der Waals surface area contributed by atoms with Gasteiger partial charge in [-0.2, -0.15) is 0 Å². The predicted octanol–water partition coefficient (Wildman–Crippen LogP) is 2.97. The Kier molecular flexibility index (Phi) is 3.37. The van der Waals surface area contributed by atoms with Crippen LogP contribution in [0.4, 0.5) is 10.5 Å². The van der Waals surface area contributed by atoms with Crippen molar-refractivity contribution >= 4 is 34.7 Å². The van der Waals surface area contributed by atoms with E-state index in [1.807, 2.05) is 0 Å². The third-order valence-corrected chi connectivity index (χ3v) is 2.18. The van der Waals surface area contributed by atoms with Crippen LogP contribution < -0.4 is 5.32 Å². The smallest absolute Gasteiger partial charge is 0.411 e. The largest absolute Gasteiger partial charge is 0.450 e. The van der Waals surface area contributed by atoms with Gasteiger partial charge in [-0.25, -0.2) is 4.79 Å². The van der Waals surface area contributed by atoms with Gasteiger partial charge in [0.15, 0.2) is 0 Å². The third kappa shape index (κ3) is 2.71. The minimum atomic E-state index is -0.452. The lowest BCUT2D eigenvalue weighted by atomic mass is 10.5. The number of thiophene rings is 1. The average molecular weight is 206 g/mol. The lowest BCUT2D eigenvalue weighted by molar-refractivity contribution is 0.168. The Labute approximate surface area is 79.3 Å². The fraction of sp³-hybridized carbons (Fsp3) is 0.286. The van der Waals surface area contributed by atoms with Gasteiger partial charge in [0.25, 0.3) is 0 Å². The van der Waals surface area contributed by atoms with Crippen molar-refractivity contribution in [1.29, 1.82) is 0 Å². The molecule has 5 heteroatoms. The molecule has 0 radical (unpaired) electrons. The van der Waals surface area contributed by atoms with E-state index in [9.17, 15) is 4.79 Å². The van der Waals surface area contributed by atoms with Crippen LogP contribution in [0.5, 0.6) is 0 Å². The molecule has 1 aromatic heterocycles. The van der Waals surface area contributed by atoms with Crippen LogP contribution in [-0.2, 0) is 4.74 Å². The van der Waals surface area contributed by atoms with Gasteiger partial charge in [0.2, 0.25) is 0 Å². The Morgan fingerprint density at radius 2 is 2.58 bits per heavy atom. The number of anilines is 1. The number of ether oxygens (including phenoxy) is 1. The highest BCUT2D eigenvalue weighted by Crippen LogP contribution is 2.23. The molecule has 0 aromatic carbocycles. The molecule has 0 saturated carbocycles. The molecule has 1 amide bonds. The number of hydrogen-bond acceptors (Lipinski definition) is 3. The summed E-state index contributed by atoms with van der Waals surface area (Å²) in [7, 11) is 0. The first-order chi connectivity index (χ1) is 5.72. The maximum Gasteiger partial charge on any atom is 0.411 e. The highest BCUT2D eigenvalue weighted by atomic mass is 35.5. The van der Waals surface area contributed by atoms with Crippen LogP contribution >= 0.6 is 22.9 Å². The molecule has 0 bridgehead atoms. The van der Waals surface area contributed by atoms with E-state index < -0.39 is 6.09 Å². The Balaban J connectivity index is 2.46. The fourth-order valence-corrected chi connectivity index (χ4v) is 1.47. The van der Waals surface area contributed by atoms with Crippen LogP contribution in [0.3, 0.4) is 0 Å². The SMILES string of the molecule is CCOC(=O)Nc1csc(Cl)c1. The number of hydrogen-bond donors (Lipinski definition) is 1. The van der Waals surface area contributed by atoms with Gasteiger partial charge in [-0.3, -0.25) is 5.32 Å². The van der Waals surface area contributed by atoms with Gasteiger partial charge in [-0.15, -0.1) is 11.3 Å². The summed E-state index contributed by atoms with van der Waals surface area (Å²) in [6, 6.07) is 1.67. The normalized spacial score (nSPS) is 9.50. The molecule has 0 saturated heterocycles. The molecule has 1 rings (SSSR count). The van der Waals surface area contributed by atoms with Crippen molar-refractivity contribution in [3.63, 3.8) is 0 Å². The van der Waals surface area contributed by atoms with Gasteiger partial charge in [0.05, 0.1) is 16.6 Å². The molecule has 0 unspecified atom stereocenters. The summed E-state index contributed by atoms with van der Waals surface area (Å²) in [5.41, 5.74) is 0.670. The van der Waals surface area contributed by atoms with Crippen LogP contribution in [0, 0.1) is 0 Å². The monoisotopic (exact) mass is 205 g/mol. The molecule has 0 fully saturated rings. The van der Waals surface area contributed by atoms with Crippen LogP contribution in [0.25, 0.3) is 0 Å². The maximum absolute atomic E-state index is 10.8. The van der Waals surface area contributed by atoms with Crippen LogP contribution in [0.1, 0.15) is 6.92 Å². The van der Waals surface area contributed by atoms with Crippen LogP contribution in [-0.4, -0.2) is 12.7 Å². The quantitative estimate of drug-likeness (QED) is 0.806. The number of amides is 1. The first-order valence-corrected chi connectivity index (χ1v) is 4.66. The number of nitrogens with one attached hydrogen (secondary N) is 1. The number of rotatable bonds is 2. The highest BCUT2D eigenvalue weighted by Gasteiger charge is 2.02. The van der Waals surface area contributed by atoms with Crippen LogP contribution in [0.2, 0.25) is 4.34 Å². The summed E-state index contributed by atoms with van der Waals surface area (Å²) in [4.78, 5) is 10.8. The molecule has 0 aliphatic carbocycles. The van der Waals surface area contributed by atoms with E-state index in [0.29, 0.717) is 16.6 Å². The molecule has 12 heavy (non-hydrogen) atoms. The second-order valence-electron chi connectivity index (χ2n) is 1.98. The van der Waals surface area contributed by atoms with Crippen molar-refractivity contribution in [3.05, 3.63) is 15.8 Å². The van der Waals surface area contributed by atoms with Crippen molar-refractivity contribution in [2.45, 2.75) is 6.92 Å². The average Bonchev–Trinajstić information content (AvgIpc) is 2.36. The van der Waals surface area contributed by atoms with E-state index in [1.54, 1.807) is 18.4 Å². The molecule has 0 atom stereocenters. The zero-order valence-corrected chi connectivity index (χ0v) is 8.04. The summed E-state index contributed by atoms with van der Waals surface area (Å²) < 4.78 is 5.31. The molecule has 1 N–H and O–H groups in total. The zero-order valence-electron chi connectivity index (χ0n) is 6.46. The fourth-order valence-electron chi connectivity index (χ4n) is 0.661. The molecule has 1 aromatic rings. The molecule has 0 aliphatic heterocycles. The van der Waals surface area contributed by atoms with E-state index in [0.717, 1.165) is 0 Å². The lowest BCUT2D eigenvalue weighted by Crippen LogP contribution is -2.12. The summed E-state index contributed by atoms with van der Waals surface area (Å²) in [5.74, 6) is 0. The minimum absolute atomic E-state index is 0.365. The maximum atomic E-state index is 10.8. The van der Waals surface area contributed by atoms with Crippen molar-refractivity contribution in [2.24, 2.45) is 0 Å². The van der Waals surface area contributed by atoms with E-state index >= 15 is 0 Å². The number of carbonyl (C=O) groups is 1. The van der Waals surface area contributed by atoms with E-state index in [4.69, 9.17) is 11.6 Å². The highest BCUT2D eigenvalue weighted by molar-refractivity contribution is 7.14. The van der Waals surface area contributed by atoms with Crippen molar-refractivity contribution in [1.82, 2.24) is 0 Å². The first kappa shape index (κ1) is 9.35. The van der Waals surface area contributed by atoms with Gasteiger partial charge < -0.3 is 4.74 Å². The Morgan fingerprint density at radius 1 is 1.83 bits per heavy atom. The molecule has 0 aliphatic rings. The topological polar surface area (TPSA) is 38.3 Å². The first-order valence-electron chi connectivity index (χ1n) is 3.40. The third-order valence-electron chi connectivity index (χ3n) is 1.09. The van der Waals surface area contributed by atoms with Gasteiger partial charge in [0.1, 0.15) is 0 Å². The second kappa shape index (κ2) is 4.33. The van der Waals surface area contributed by atoms with Crippen molar-refractivity contribution in [2.75, 3.05) is 11.9 Å². The van der Waals surface area contributed by atoms with Crippen LogP contribution in [0.15, 0.2) is 11.4 Å². The molecular formula is C7H8ClNO2S. The predicted molar refractivity (Wildman–Crippen MR) is 50.0 cm³/mol. The summed E-state index contributed by atoms with van der Waals surface area (Å²) in [5, 5.41) is 4.28. The van der Waals surface area contributed by atoms with Crippen molar-refractivity contribution in [3.8, 4) is 0 Å². The van der Waals surface area contributed by atoms with E-state index in [1.165, 1.54) is 11.3 Å². The molecule has 3 nitrogen and oxygen atoms in total. The Hall–Kier alpha value is -0.740.